The fraction of sp³-hybridized carbons (Fsp3) is 0.125. The van der Waals surface area contributed by atoms with E-state index in [2.05, 4.69) is 5.32 Å². The molecule has 0 fully saturated rings. The molecule has 1 N–H and O–H groups in total. The highest BCUT2D eigenvalue weighted by Crippen LogP contribution is 2.35. The lowest BCUT2D eigenvalue weighted by atomic mass is 10.1. The van der Waals surface area contributed by atoms with Crippen molar-refractivity contribution in [3.8, 4) is 0 Å². The molecule has 0 spiro atoms. The van der Waals surface area contributed by atoms with Crippen LogP contribution in [0.3, 0.4) is 0 Å². The molecule has 9 heteroatoms. The Morgan fingerprint density at radius 2 is 2.08 bits per heavy atom. The van der Waals surface area contributed by atoms with Gasteiger partial charge >= 0.3 is 0 Å². The van der Waals surface area contributed by atoms with Crippen LogP contribution >= 0.6 is 23.4 Å². The van der Waals surface area contributed by atoms with Crippen LogP contribution in [-0.2, 0) is 15.9 Å². The third kappa shape index (κ3) is 3.72. The number of halogens is 1. The quantitative estimate of drug-likeness (QED) is 0.807. The van der Waals surface area contributed by atoms with Crippen molar-refractivity contribution in [2.45, 2.75) is 9.79 Å². The zero-order valence-electron chi connectivity index (χ0n) is 12.9. The van der Waals surface area contributed by atoms with Crippen LogP contribution < -0.4 is 10.2 Å². The Morgan fingerprint density at radius 3 is 2.76 bits per heavy atom. The van der Waals surface area contributed by atoms with Gasteiger partial charge < -0.3 is 14.8 Å². The van der Waals surface area contributed by atoms with E-state index in [1.165, 1.54) is 34.9 Å². The van der Waals surface area contributed by atoms with Crippen molar-refractivity contribution >= 4 is 57.6 Å². The summed E-state index contributed by atoms with van der Waals surface area (Å²) in [5, 5.41) is 2.69. The minimum Gasteiger partial charge on any atom is -0.768 e. The van der Waals surface area contributed by atoms with Gasteiger partial charge in [-0.1, -0.05) is 11.6 Å². The number of carbonyl (C=O) groups is 2. The standard InChI is InChI=1S/C16H13ClN2O4S2/c1-19-12-6-9(2-4-13(12)24-8-15(19)20)16(21)18-10-3-5-14(25(22)23)11(17)7-10/h2-7H,8H2,1H3,(H,18,21)(H,22,23)/p-1. The minimum atomic E-state index is -2.44. The van der Waals surface area contributed by atoms with Crippen LogP contribution in [0.2, 0.25) is 5.02 Å². The molecule has 1 aliphatic rings. The molecule has 1 unspecified atom stereocenters. The fourth-order valence-corrected chi connectivity index (χ4v) is 4.08. The summed E-state index contributed by atoms with van der Waals surface area (Å²) in [6, 6.07) is 9.27. The van der Waals surface area contributed by atoms with Crippen molar-refractivity contribution in [1.82, 2.24) is 0 Å². The number of hydrogen-bond acceptors (Lipinski definition) is 5. The number of benzene rings is 2. The lowest BCUT2D eigenvalue weighted by Gasteiger charge is -2.25. The summed E-state index contributed by atoms with van der Waals surface area (Å²) in [5.41, 5.74) is 1.44. The van der Waals surface area contributed by atoms with Gasteiger partial charge in [0, 0.05) is 28.1 Å². The predicted molar refractivity (Wildman–Crippen MR) is 97.2 cm³/mol. The molecule has 0 aromatic heterocycles. The van der Waals surface area contributed by atoms with E-state index in [4.69, 9.17) is 11.6 Å². The highest BCUT2D eigenvalue weighted by atomic mass is 35.5. The maximum Gasteiger partial charge on any atom is 0.255 e. The van der Waals surface area contributed by atoms with Crippen molar-refractivity contribution < 1.29 is 18.4 Å². The van der Waals surface area contributed by atoms with Gasteiger partial charge in [-0.3, -0.25) is 13.8 Å². The topological polar surface area (TPSA) is 89.5 Å². The van der Waals surface area contributed by atoms with Crippen molar-refractivity contribution in [2.24, 2.45) is 0 Å². The van der Waals surface area contributed by atoms with Crippen LogP contribution in [0.1, 0.15) is 10.4 Å². The molecule has 3 rings (SSSR count). The Balaban J connectivity index is 1.84. The molecule has 0 aliphatic carbocycles. The van der Waals surface area contributed by atoms with Gasteiger partial charge in [-0.15, -0.1) is 11.8 Å². The van der Waals surface area contributed by atoms with Crippen LogP contribution in [0.25, 0.3) is 0 Å². The van der Waals surface area contributed by atoms with E-state index in [0.717, 1.165) is 4.90 Å². The van der Waals surface area contributed by atoms with Crippen LogP contribution in [0.5, 0.6) is 0 Å². The molecule has 0 bridgehead atoms. The van der Waals surface area contributed by atoms with Crippen molar-refractivity contribution in [3.05, 3.63) is 47.0 Å². The molecule has 6 nitrogen and oxygen atoms in total. The van der Waals surface area contributed by atoms with E-state index >= 15 is 0 Å². The monoisotopic (exact) mass is 395 g/mol. The Bertz CT molecular complexity index is 904. The van der Waals surface area contributed by atoms with Gasteiger partial charge in [-0.05, 0) is 47.5 Å². The predicted octanol–water partition coefficient (Wildman–Crippen LogP) is 2.90. The number of amides is 2. The van der Waals surface area contributed by atoms with E-state index < -0.39 is 11.1 Å². The summed E-state index contributed by atoms with van der Waals surface area (Å²) in [5.74, 6) is -0.0321. The lowest BCUT2D eigenvalue weighted by molar-refractivity contribution is -0.116. The van der Waals surface area contributed by atoms with E-state index in [1.54, 1.807) is 25.2 Å². The highest BCUT2D eigenvalue weighted by Gasteiger charge is 2.22. The van der Waals surface area contributed by atoms with Gasteiger partial charge in [-0.25, -0.2) is 0 Å². The molecule has 2 aromatic rings. The number of thioether (sulfide) groups is 1. The van der Waals surface area contributed by atoms with Gasteiger partial charge in [-0.2, -0.15) is 0 Å². The summed E-state index contributed by atoms with van der Waals surface area (Å²) < 4.78 is 21.9. The molecule has 130 valence electrons. The number of nitrogens with zero attached hydrogens (tertiary/aromatic N) is 1. The first-order chi connectivity index (χ1) is 11.9. The van der Waals surface area contributed by atoms with E-state index in [0.29, 0.717) is 22.7 Å². The van der Waals surface area contributed by atoms with E-state index in [1.807, 2.05) is 0 Å². The second kappa shape index (κ2) is 7.17. The smallest absolute Gasteiger partial charge is 0.255 e. The van der Waals surface area contributed by atoms with Crippen LogP contribution in [0.15, 0.2) is 46.2 Å². The number of fused-ring (bicyclic) bond motifs is 1. The molecule has 0 radical (unpaired) electrons. The molecule has 1 atom stereocenters. The van der Waals surface area contributed by atoms with Gasteiger partial charge in [0.25, 0.3) is 5.91 Å². The van der Waals surface area contributed by atoms with Crippen LogP contribution in [-0.4, -0.2) is 33.4 Å². The Morgan fingerprint density at radius 1 is 1.32 bits per heavy atom. The molecule has 0 saturated heterocycles. The Hall–Kier alpha value is -1.87. The maximum atomic E-state index is 12.4. The zero-order chi connectivity index (χ0) is 18.1. The van der Waals surface area contributed by atoms with E-state index in [9.17, 15) is 18.4 Å². The van der Waals surface area contributed by atoms with Gasteiger partial charge in [0.05, 0.1) is 16.5 Å². The maximum absolute atomic E-state index is 12.4. The normalized spacial score (nSPS) is 14.8. The molecular formula is C16H12ClN2O4S2-. The Kier molecular flexibility index (Phi) is 5.14. The molecule has 0 saturated carbocycles. The second-order valence-corrected chi connectivity index (χ2v) is 7.59. The summed E-state index contributed by atoms with van der Waals surface area (Å²) in [4.78, 5) is 26.6. The molecule has 2 amide bonds. The lowest BCUT2D eigenvalue weighted by Crippen LogP contribution is -2.31. The van der Waals surface area contributed by atoms with Crippen LogP contribution in [0, 0.1) is 0 Å². The van der Waals surface area contributed by atoms with Crippen molar-refractivity contribution in [3.63, 3.8) is 0 Å². The second-order valence-electron chi connectivity index (χ2n) is 5.26. The number of anilines is 2. The largest absolute Gasteiger partial charge is 0.768 e. The van der Waals surface area contributed by atoms with E-state index in [-0.39, 0.29) is 21.7 Å². The average Bonchev–Trinajstić information content (AvgIpc) is 2.57. The fourth-order valence-electron chi connectivity index (χ4n) is 2.33. The number of hydrogen-bond donors (Lipinski definition) is 1. The average molecular weight is 396 g/mol. The molecule has 1 heterocycles. The van der Waals surface area contributed by atoms with Crippen LogP contribution in [0.4, 0.5) is 11.4 Å². The molecule has 2 aromatic carbocycles. The first-order valence-corrected chi connectivity index (χ1v) is 9.54. The summed E-state index contributed by atoms with van der Waals surface area (Å²) in [6.07, 6.45) is 0. The SMILES string of the molecule is CN1C(=O)CSc2ccc(C(=O)Nc3ccc(S(=O)[O-])c(Cl)c3)cc21. The summed E-state index contributed by atoms with van der Waals surface area (Å²) >= 11 is 4.88. The van der Waals surface area contributed by atoms with Crippen molar-refractivity contribution in [2.75, 3.05) is 23.0 Å². The first-order valence-electron chi connectivity index (χ1n) is 7.10. The minimum absolute atomic E-state index is 0.0250. The van der Waals surface area contributed by atoms with Gasteiger partial charge in [0.1, 0.15) is 0 Å². The number of nitrogens with one attached hydrogen (secondary N) is 1. The van der Waals surface area contributed by atoms with Gasteiger partial charge in [0.2, 0.25) is 5.91 Å². The number of rotatable bonds is 3. The zero-order valence-corrected chi connectivity index (χ0v) is 15.3. The molecule has 1 aliphatic heterocycles. The van der Waals surface area contributed by atoms with Gasteiger partial charge in [0.15, 0.2) is 0 Å². The van der Waals surface area contributed by atoms with Crippen molar-refractivity contribution in [1.29, 1.82) is 0 Å². The Labute approximate surface area is 155 Å². The third-order valence-electron chi connectivity index (χ3n) is 3.68. The highest BCUT2D eigenvalue weighted by molar-refractivity contribution is 8.00. The summed E-state index contributed by atoms with van der Waals surface area (Å²) in [6.45, 7) is 0. The molecule has 25 heavy (non-hydrogen) atoms. The third-order valence-corrected chi connectivity index (χ3v) is 5.86. The number of carbonyl (C=O) groups excluding carboxylic acids is 2. The summed E-state index contributed by atoms with van der Waals surface area (Å²) in [7, 11) is 1.67. The molecular weight excluding hydrogens is 384 g/mol. The first kappa shape index (κ1) is 17.9.